The van der Waals surface area contributed by atoms with E-state index in [1.807, 2.05) is 0 Å². The van der Waals surface area contributed by atoms with Gasteiger partial charge in [-0.15, -0.1) is 0 Å². The Morgan fingerprint density at radius 3 is 2.40 bits per heavy atom. The predicted octanol–water partition coefficient (Wildman–Crippen LogP) is 2.17. The van der Waals surface area contributed by atoms with Gasteiger partial charge in [0.05, 0.1) is 5.69 Å². The minimum Gasteiger partial charge on any atom is -0.284 e. The summed E-state index contributed by atoms with van der Waals surface area (Å²) >= 11 is 0. The molecule has 0 aliphatic rings. The van der Waals surface area contributed by atoms with Crippen LogP contribution < -0.4 is 0 Å². The molecule has 1 aromatic carbocycles. The van der Waals surface area contributed by atoms with Crippen molar-refractivity contribution in [3.63, 3.8) is 0 Å². The molecule has 1 aromatic rings. The molecule has 0 aliphatic carbocycles. The maximum Gasteiger partial charge on any atom is 0.293 e. The van der Waals surface area contributed by atoms with Crippen molar-refractivity contribution < 1.29 is 13.0 Å². The first-order valence-electron chi connectivity index (χ1n) is 4.09. The van der Waals surface area contributed by atoms with Gasteiger partial charge in [0.2, 0.25) is 5.37 Å². The monoisotopic (exact) mass is 226 g/mol. The SMILES string of the molecule is C=CC(/N=N/c1ccccc1)S(=O)(=O)O. The van der Waals surface area contributed by atoms with Gasteiger partial charge in [0, 0.05) is 0 Å². The Balaban J connectivity index is 2.86. The quantitative estimate of drug-likeness (QED) is 0.485. The molecule has 0 aromatic heterocycles. The highest BCUT2D eigenvalue weighted by Gasteiger charge is 2.17. The highest BCUT2D eigenvalue weighted by molar-refractivity contribution is 7.86. The van der Waals surface area contributed by atoms with Crippen molar-refractivity contribution in [1.82, 2.24) is 0 Å². The number of nitrogens with zero attached hydrogens (tertiary/aromatic N) is 2. The molecule has 5 nitrogen and oxygen atoms in total. The predicted molar refractivity (Wildman–Crippen MR) is 56.5 cm³/mol. The lowest BCUT2D eigenvalue weighted by Crippen LogP contribution is -2.14. The van der Waals surface area contributed by atoms with Gasteiger partial charge in [0.15, 0.2) is 0 Å². The van der Waals surface area contributed by atoms with Crippen molar-refractivity contribution in [2.75, 3.05) is 0 Å². The highest BCUT2D eigenvalue weighted by atomic mass is 32.2. The summed E-state index contributed by atoms with van der Waals surface area (Å²) < 4.78 is 30.1. The van der Waals surface area contributed by atoms with E-state index in [0.717, 1.165) is 6.08 Å². The largest absolute Gasteiger partial charge is 0.293 e. The third-order valence-electron chi connectivity index (χ3n) is 1.55. The van der Waals surface area contributed by atoms with E-state index in [-0.39, 0.29) is 0 Å². The van der Waals surface area contributed by atoms with Crippen LogP contribution in [0.4, 0.5) is 5.69 Å². The van der Waals surface area contributed by atoms with Gasteiger partial charge >= 0.3 is 0 Å². The average Bonchev–Trinajstić information content (AvgIpc) is 2.18. The Kier molecular flexibility index (Phi) is 3.70. The van der Waals surface area contributed by atoms with Crippen LogP contribution in [-0.4, -0.2) is 18.3 Å². The van der Waals surface area contributed by atoms with E-state index in [1.54, 1.807) is 30.3 Å². The van der Waals surface area contributed by atoms with Crippen LogP contribution in [0.2, 0.25) is 0 Å². The van der Waals surface area contributed by atoms with Crippen molar-refractivity contribution in [3.8, 4) is 0 Å². The Bertz CT molecular complexity index is 454. The fraction of sp³-hybridized carbons (Fsp3) is 0.111. The van der Waals surface area contributed by atoms with Crippen LogP contribution in [-0.2, 0) is 10.1 Å². The van der Waals surface area contributed by atoms with Gasteiger partial charge in [-0.1, -0.05) is 24.8 Å². The fourth-order valence-electron chi connectivity index (χ4n) is 0.847. The fourth-order valence-corrected chi connectivity index (χ4v) is 1.26. The Hall–Kier alpha value is -1.53. The third-order valence-corrected chi connectivity index (χ3v) is 2.45. The van der Waals surface area contributed by atoms with E-state index in [1.165, 1.54) is 0 Å². The molecule has 0 bridgehead atoms. The number of azo groups is 1. The first kappa shape index (κ1) is 11.5. The van der Waals surface area contributed by atoms with Gasteiger partial charge < -0.3 is 0 Å². The minimum absolute atomic E-state index is 0.507. The van der Waals surface area contributed by atoms with Crippen LogP contribution in [0.5, 0.6) is 0 Å². The van der Waals surface area contributed by atoms with Gasteiger partial charge in [-0.2, -0.15) is 18.6 Å². The van der Waals surface area contributed by atoms with Gasteiger partial charge in [0.25, 0.3) is 10.1 Å². The van der Waals surface area contributed by atoms with Gasteiger partial charge in [-0.25, -0.2) is 0 Å². The van der Waals surface area contributed by atoms with E-state index in [2.05, 4.69) is 16.8 Å². The smallest absolute Gasteiger partial charge is 0.284 e. The van der Waals surface area contributed by atoms with Gasteiger partial charge in [-0.05, 0) is 18.2 Å². The maximum atomic E-state index is 10.7. The molecule has 0 aliphatic heterocycles. The van der Waals surface area contributed by atoms with Gasteiger partial charge in [0.1, 0.15) is 0 Å². The topological polar surface area (TPSA) is 79.1 Å². The summed E-state index contributed by atoms with van der Waals surface area (Å²) in [7, 11) is -4.26. The molecule has 0 amide bonds. The molecule has 0 radical (unpaired) electrons. The van der Waals surface area contributed by atoms with Crippen LogP contribution in [0.25, 0.3) is 0 Å². The van der Waals surface area contributed by atoms with Crippen molar-refractivity contribution in [2.45, 2.75) is 5.37 Å². The van der Waals surface area contributed by atoms with Crippen LogP contribution in [0.15, 0.2) is 53.2 Å². The maximum absolute atomic E-state index is 10.7. The molecule has 1 atom stereocenters. The Morgan fingerprint density at radius 2 is 1.93 bits per heavy atom. The van der Waals surface area contributed by atoms with E-state index < -0.39 is 15.5 Å². The molecule has 0 heterocycles. The summed E-state index contributed by atoms with van der Waals surface area (Å²) in [4.78, 5) is 0. The van der Waals surface area contributed by atoms with E-state index in [4.69, 9.17) is 4.55 Å². The summed E-state index contributed by atoms with van der Waals surface area (Å²) in [5, 5.41) is 5.69. The first-order valence-corrected chi connectivity index (χ1v) is 5.59. The molecule has 80 valence electrons. The second kappa shape index (κ2) is 4.81. The van der Waals surface area contributed by atoms with E-state index in [9.17, 15) is 8.42 Å². The summed E-state index contributed by atoms with van der Waals surface area (Å²) in [5.41, 5.74) is 0.507. The summed E-state index contributed by atoms with van der Waals surface area (Å²) in [5.74, 6) is 0. The van der Waals surface area contributed by atoms with E-state index >= 15 is 0 Å². The van der Waals surface area contributed by atoms with Crippen LogP contribution >= 0.6 is 0 Å². The number of hydrogen-bond acceptors (Lipinski definition) is 4. The minimum atomic E-state index is -4.26. The van der Waals surface area contributed by atoms with Crippen LogP contribution in [0, 0.1) is 0 Å². The lowest BCUT2D eigenvalue weighted by molar-refractivity contribution is 0.475. The van der Waals surface area contributed by atoms with Crippen LogP contribution in [0.3, 0.4) is 0 Å². The molecule has 1 N–H and O–H groups in total. The van der Waals surface area contributed by atoms with Crippen LogP contribution in [0.1, 0.15) is 0 Å². The van der Waals surface area contributed by atoms with Crippen molar-refractivity contribution >= 4 is 15.8 Å². The number of benzene rings is 1. The number of rotatable bonds is 4. The van der Waals surface area contributed by atoms with Crippen molar-refractivity contribution in [2.24, 2.45) is 10.2 Å². The Labute approximate surface area is 87.9 Å². The molecule has 6 heteroatoms. The molecular formula is C9H10N2O3S. The third kappa shape index (κ3) is 3.61. The van der Waals surface area contributed by atoms with Gasteiger partial charge in [-0.3, -0.25) is 4.55 Å². The second-order valence-corrected chi connectivity index (χ2v) is 4.21. The standard InChI is InChI=1S/C9H10N2O3S/c1-2-9(15(12,13)14)11-10-8-6-4-3-5-7-8/h2-7,9H,1H2,(H,12,13,14)/b11-10+. The molecular weight excluding hydrogens is 216 g/mol. The van der Waals surface area contributed by atoms with E-state index in [0.29, 0.717) is 5.69 Å². The lowest BCUT2D eigenvalue weighted by atomic mass is 10.3. The molecule has 0 spiro atoms. The second-order valence-electron chi connectivity index (χ2n) is 2.69. The van der Waals surface area contributed by atoms with Crippen molar-refractivity contribution in [3.05, 3.63) is 43.0 Å². The lowest BCUT2D eigenvalue weighted by Gasteiger charge is -2.00. The molecule has 1 unspecified atom stereocenters. The molecule has 1 rings (SSSR count). The Morgan fingerprint density at radius 1 is 1.33 bits per heavy atom. The highest BCUT2D eigenvalue weighted by Crippen LogP contribution is 2.13. The molecule has 0 saturated carbocycles. The summed E-state index contributed by atoms with van der Waals surface area (Å²) in [6.45, 7) is 3.25. The van der Waals surface area contributed by atoms with Crippen molar-refractivity contribution in [1.29, 1.82) is 0 Å². The molecule has 0 fully saturated rings. The summed E-state index contributed by atoms with van der Waals surface area (Å²) in [6, 6.07) is 8.60. The molecule has 0 saturated heterocycles. The zero-order chi connectivity index (χ0) is 11.3. The first-order chi connectivity index (χ1) is 7.04. The number of hydrogen-bond donors (Lipinski definition) is 1. The normalized spacial score (nSPS) is 13.9. The summed E-state index contributed by atoms with van der Waals surface area (Å²) in [6.07, 6.45) is 1.00. The average molecular weight is 226 g/mol. The molecule has 15 heavy (non-hydrogen) atoms. The zero-order valence-electron chi connectivity index (χ0n) is 7.81. The zero-order valence-corrected chi connectivity index (χ0v) is 8.63.